The first-order chi connectivity index (χ1) is 27.0. The lowest BCUT2D eigenvalue weighted by Gasteiger charge is -2.20. The van der Waals surface area contributed by atoms with Crippen molar-refractivity contribution in [1.82, 2.24) is 14.1 Å². The molecule has 0 unspecified atom stereocenters. The maximum Gasteiger partial charge on any atom is 0.416 e. The Bertz CT molecular complexity index is 2880. The molecule has 0 atom stereocenters. The van der Waals surface area contributed by atoms with E-state index in [4.69, 9.17) is 0 Å². The summed E-state index contributed by atoms with van der Waals surface area (Å²) in [6.45, 7) is 3.22. The smallest absolute Gasteiger partial charge is 0.309 e. The van der Waals surface area contributed by atoms with Crippen LogP contribution in [-0.2, 0) is 24.7 Å². The van der Waals surface area contributed by atoms with Crippen molar-refractivity contribution in [2.24, 2.45) is 0 Å². The van der Waals surface area contributed by atoms with Gasteiger partial charge in [-0.25, -0.2) is 0 Å². The summed E-state index contributed by atoms with van der Waals surface area (Å²) in [5.41, 5.74) is -5.03. The minimum Gasteiger partial charge on any atom is -0.309 e. The number of halogens is 12. The number of rotatable bonds is 3. The van der Waals surface area contributed by atoms with Crippen LogP contribution in [-0.4, -0.2) is 14.1 Å². The third kappa shape index (κ3) is 6.34. The van der Waals surface area contributed by atoms with E-state index in [9.17, 15) is 57.9 Å². The van der Waals surface area contributed by atoms with E-state index in [-0.39, 0.29) is 71.7 Å². The van der Waals surface area contributed by atoms with Crippen LogP contribution in [0.25, 0.3) is 66.1 Å². The standard InChI is InChI=1S/C42H22F12N4/c1-20-11-22(12-21(2)56-20)32-18-33(57-35-14-24(39(43,44)45)3-7-28(35)29-8-4-25(15-36(29)57)40(46,47)48)23(19-55)13-34(32)58-37-16-26(41(49,50)51)5-9-30(37)31-10-6-27(17-38(31)58)42(52,53)54/h3-18H,1-2H3. The molecule has 0 aliphatic carbocycles. The van der Waals surface area contributed by atoms with Crippen LogP contribution >= 0.6 is 0 Å². The minimum atomic E-state index is -4.90. The summed E-state index contributed by atoms with van der Waals surface area (Å²) in [6, 6.07) is 17.8. The second-order valence-corrected chi connectivity index (χ2v) is 13.7. The Hall–Kier alpha value is -6.50. The molecule has 16 heteroatoms. The van der Waals surface area contributed by atoms with Crippen LogP contribution in [0.3, 0.4) is 0 Å². The lowest BCUT2D eigenvalue weighted by molar-refractivity contribution is -0.138. The highest BCUT2D eigenvalue weighted by molar-refractivity contribution is 6.11. The molecular weight excluding hydrogens is 788 g/mol. The van der Waals surface area contributed by atoms with Crippen LogP contribution in [0.5, 0.6) is 0 Å². The number of hydrogen-bond acceptors (Lipinski definition) is 2. The molecule has 0 saturated heterocycles. The lowest BCUT2D eigenvalue weighted by atomic mass is 9.98. The first kappa shape index (κ1) is 38.4. The van der Waals surface area contributed by atoms with E-state index in [0.29, 0.717) is 11.4 Å². The van der Waals surface area contributed by atoms with Crippen molar-refractivity contribution in [2.45, 2.75) is 38.6 Å². The Morgan fingerprint density at radius 1 is 0.448 bits per heavy atom. The van der Waals surface area contributed by atoms with Gasteiger partial charge in [-0.1, -0.05) is 24.3 Å². The highest BCUT2D eigenvalue weighted by atomic mass is 19.4. The third-order valence-corrected chi connectivity index (χ3v) is 9.95. The van der Waals surface area contributed by atoms with Crippen molar-refractivity contribution >= 4 is 43.6 Å². The SMILES string of the molecule is Cc1cc(-c2cc(-n3c4cc(C(F)(F)F)ccc4c4ccc(C(F)(F)F)cc43)c(C#N)cc2-n2c3cc(C(F)(F)F)ccc3c3ccc(C(F)(F)F)cc32)cc(C)n1. The first-order valence-electron chi connectivity index (χ1n) is 17.0. The van der Waals surface area contributed by atoms with Gasteiger partial charge >= 0.3 is 24.7 Å². The molecule has 3 aromatic heterocycles. The quantitative estimate of drug-likeness (QED) is 0.167. The lowest BCUT2D eigenvalue weighted by Crippen LogP contribution is -2.08. The van der Waals surface area contributed by atoms with Gasteiger partial charge in [0.05, 0.1) is 61.3 Å². The van der Waals surface area contributed by atoms with Crippen LogP contribution < -0.4 is 0 Å². The van der Waals surface area contributed by atoms with Gasteiger partial charge in [-0.2, -0.15) is 57.9 Å². The largest absolute Gasteiger partial charge is 0.416 e. The molecule has 0 aliphatic heterocycles. The Morgan fingerprint density at radius 3 is 1.09 bits per heavy atom. The maximum atomic E-state index is 14.2. The van der Waals surface area contributed by atoms with Gasteiger partial charge in [-0.3, -0.25) is 4.98 Å². The fourth-order valence-electron chi connectivity index (χ4n) is 7.52. The molecular formula is C42H22F12N4. The van der Waals surface area contributed by atoms with Crippen molar-refractivity contribution < 1.29 is 52.7 Å². The molecule has 58 heavy (non-hydrogen) atoms. The minimum absolute atomic E-state index is 0.0465. The van der Waals surface area contributed by atoms with Gasteiger partial charge in [0.1, 0.15) is 6.07 Å². The van der Waals surface area contributed by atoms with E-state index in [0.717, 1.165) is 88.0 Å². The Balaban J connectivity index is 1.57. The summed E-state index contributed by atoms with van der Waals surface area (Å²) in [4.78, 5) is 4.36. The fraction of sp³-hybridized carbons (Fsp3) is 0.143. The van der Waals surface area contributed by atoms with E-state index in [1.807, 2.05) is 6.07 Å². The van der Waals surface area contributed by atoms with E-state index in [1.54, 1.807) is 13.8 Å². The molecule has 5 aromatic carbocycles. The molecule has 0 fully saturated rings. The van der Waals surface area contributed by atoms with Crippen molar-refractivity contribution in [3.8, 4) is 28.6 Å². The zero-order valence-electron chi connectivity index (χ0n) is 29.6. The van der Waals surface area contributed by atoms with E-state index < -0.39 is 47.0 Å². The fourth-order valence-corrected chi connectivity index (χ4v) is 7.52. The summed E-state index contributed by atoms with van der Waals surface area (Å²) < 4.78 is 172. The van der Waals surface area contributed by atoms with Gasteiger partial charge in [0.25, 0.3) is 0 Å². The molecule has 0 spiro atoms. The number of aromatic nitrogens is 3. The number of pyridine rings is 1. The highest BCUT2D eigenvalue weighted by Crippen LogP contribution is 2.45. The van der Waals surface area contributed by atoms with Gasteiger partial charge in [0, 0.05) is 38.5 Å². The number of alkyl halides is 12. The molecule has 0 bridgehead atoms. The Morgan fingerprint density at radius 2 is 0.776 bits per heavy atom. The Kier molecular flexibility index (Phi) is 8.44. The molecule has 0 aliphatic rings. The number of benzene rings is 5. The molecule has 8 aromatic rings. The predicted molar refractivity (Wildman–Crippen MR) is 193 cm³/mol. The van der Waals surface area contributed by atoms with E-state index >= 15 is 0 Å². The zero-order valence-corrected chi connectivity index (χ0v) is 29.6. The van der Waals surface area contributed by atoms with Crippen LogP contribution in [0.1, 0.15) is 39.2 Å². The van der Waals surface area contributed by atoms with Gasteiger partial charge in [-0.05, 0) is 92.2 Å². The van der Waals surface area contributed by atoms with E-state index in [2.05, 4.69) is 4.98 Å². The van der Waals surface area contributed by atoms with Gasteiger partial charge in [0.2, 0.25) is 0 Å². The number of nitriles is 1. The van der Waals surface area contributed by atoms with Crippen molar-refractivity contribution in [1.29, 1.82) is 5.26 Å². The van der Waals surface area contributed by atoms with Crippen molar-refractivity contribution in [3.05, 3.63) is 136 Å². The molecule has 294 valence electrons. The average Bonchev–Trinajstić information content (AvgIpc) is 3.63. The number of nitrogens with zero attached hydrogens (tertiary/aromatic N) is 4. The van der Waals surface area contributed by atoms with Crippen LogP contribution in [0, 0.1) is 25.2 Å². The normalized spacial score (nSPS) is 13.0. The molecule has 0 radical (unpaired) electrons. The second-order valence-electron chi connectivity index (χ2n) is 13.7. The van der Waals surface area contributed by atoms with Crippen LogP contribution in [0.15, 0.2) is 97.1 Å². The van der Waals surface area contributed by atoms with Gasteiger partial charge in [-0.15, -0.1) is 0 Å². The molecule has 0 N–H and O–H groups in total. The summed E-state index contributed by atoms with van der Waals surface area (Å²) in [7, 11) is 0. The molecule has 8 rings (SSSR count). The number of hydrogen-bond donors (Lipinski definition) is 0. The highest BCUT2D eigenvalue weighted by Gasteiger charge is 2.36. The topological polar surface area (TPSA) is 46.5 Å². The van der Waals surface area contributed by atoms with E-state index in [1.165, 1.54) is 18.2 Å². The number of fused-ring (bicyclic) bond motifs is 6. The third-order valence-electron chi connectivity index (χ3n) is 9.95. The molecule has 0 amide bonds. The van der Waals surface area contributed by atoms with Gasteiger partial charge in [0.15, 0.2) is 0 Å². The average molecular weight is 811 g/mol. The summed E-state index contributed by atoms with van der Waals surface area (Å²) >= 11 is 0. The van der Waals surface area contributed by atoms with Crippen molar-refractivity contribution in [3.63, 3.8) is 0 Å². The summed E-state index contributed by atoms with van der Waals surface area (Å²) in [6.07, 6.45) is -19.6. The zero-order chi connectivity index (χ0) is 41.9. The molecule has 4 nitrogen and oxygen atoms in total. The first-order valence-corrected chi connectivity index (χ1v) is 17.0. The van der Waals surface area contributed by atoms with Crippen LogP contribution in [0.2, 0.25) is 0 Å². The monoisotopic (exact) mass is 810 g/mol. The maximum absolute atomic E-state index is 14.2. The molecule has 3 heterocycles. The summed E-state index contributed by atoms with van der Waals surface area (Å²) in [5, 5.41) is 11.1. The van der Waals surface area contributed by atoms with Crippen LogP contribution in [0.4, 0.5) is 52.7 Å². The predicted octanol–water partition coefficient (Wildman–Crippen LogP) is 13.5. The van der Waals surface area contributed by atoms with Crippen molar-refractivity contribution in [2.75, 3.05) is 0 Å². The van der Waals surface area contributed by atoms with Gasteiger partial charge < -0.3 is 9.13 Å². The number of aryl methyl sites for hydroxylation is 2. The molecule has 0 saturated carbocycles. The Labute approximate surface area is 318 Å². The summed E-state index contributed by atoms with van der Waals surface area (Å²) in [5.74, 6) is 0. The second kappa shape index (κ2) is 12.8.